The number of halogens is 6. The summed E-state index contributed by atoms with van der Waals surface area (Å²) in [4.78, 5) is 0. The average Bonchev–Trinajstić information content (AvgIpc) is 2.52. The summed E-state index contributed by atoms with van der Waals surface area (Å²) >= 11 is 0. The first-order valence-corrected chi connectivity index (χ1v) is 13.8. The quantitative estimate of drug-likeness (QED) is 0.403. The maximum Gasteiger partial charge on any atom is 0.519 e. The minimum absolute atomic E-state index is 0.356. The van der Waals surface area contributed by atoms with Crippen LogP contribution in [0.4, 0.5) is 26.3 Å². The van der Waals surface area contributed by atoms with Crippen molar-refractivity contribution in [2.24, 2.45) is 11.3 Å². The van der Waals surface area contributed by atoms with E-state index in [1.54, 1.807) is 0 Å². The Balaban J connectivity index is 7.81. The standard InChI is InChI=1S/C10H21F6N5O6S4/c1-5-20(6-2)30(26,17-28(22,23)9(11,12)13)19-31(27,21(7-3)8-4)18-29(24,25)10(14,15)16/h5-8H2,1-4H3,(H,17,18,19,22,23,26,27)/p-1. The number of nitrogens with zero attached hydrogens (tertiary/aromatic N) is 5. The first-order chi connectivity index (χ1) is 13.7. The Morgan fingerprint density at radius 3 is 1.23 bits per heavy atom. The van der Waals surface area contributed by atoms with Gasteiger partial charge in [0.05, 0.1) is 0 Å². The molecular weight excluding hydrogens is 528 g/mol. The highest BCUT2D eigenvalue weighted by Crippen LogP contribution is 2.30. The second-order valence-electron chi connectivity index (χ2n) is 5.23. The van der Waals surface area contributed by atoms with E-state index in [9.17, 15) is 51.9 Å². The Kier molecular flexibility index (Phi) is 9.79. The Hall–Kier alpha value is -0.740. The van der Waals surface area contributed by atoms with Gasteiger partial charge in [-0.2, -0.15) is 43.4 Å². The molecule has 0 fully saturated rings. The molecule has 0 radical (unpaired) electrons. The summed E-state index contributed by atoms with van der Waals surface area (Å²) in [6.07, 6.45) is 0. The van der Waals surface area contributed by atoms with Crippen LogP contribution in [0.25, 0.3) is 0 Å². The van der Waals surface area contributed by atoms with E-state index in [0.29, 0.717) is 8.61 Å². The molecule has 0 aromatic heterocycles. The molecule has 0 aliphatic heterocycles. The number of sulfonamides is 1. The van der Waals surface area contributed by atoms with Crippen molar-refractivity contribution in [2.45, 2.75) is 38.7 Å². The molecule has 0 bridgehead atoms. The van der Waals surface area contributed by atoms with Crippen molar-refractivity contribution in [3.63, 3.8) is 0 Å². The first kappa shape index (κ1) is 30.3. The van der Waals surface area contributed by atoms with Crippen LogP contribution in [-0.4, -0.2) is 71.4 Å². The molecule has 3 atom stereocenters. The van der Waals surface area contributed by atoms with Crippen LogP contribution in [0, 0.1) is 0 Å². The van der Waals surface area contributed by atoms with Gasteiger partial charge in [-0.05, 0) is 0 Å². The molecule has 0 aromatic rings. The van der Waals surface area contributed by atoms with Crippen LogP contribution >= 0.6 is 0 Å². The first-order valence-electron chi connectivity index (χ1n) is 8.10. The third-order valence-electron chi connectivity index (χ3n) is 3.25. The number of rotatable bonds is 9. The van der Waals surface area contributed by atoms with Crippen LogP contribution in [0.1, 0.15) is 27.7 Å². The number of hydrogen-bond donors (Lipinski definition) is 0. The van der Waals surface area contributed by atoms with E-state index >= 15 is 0 Å². The topological polar surface area (TPSA) is 152 Å². The van der Waals surface area contributed by atoms with Gasteiger partial charge in [-0.1, -0.05) is 35.2 Å². The smallest absolute Gasteiger partial charge is 0.519 e. The largest absolute Gasteiger partial charge is 0.757 e. The minimum atomic E-state index is -6.55. The van der Waals surface area contributed by atoms with Crippen molar-refractivity contribution >= 4 is 40.2 Å². The lowest BCUT2D eigenvalue weighted by Crippen LogP contribution is -2.36. The summed E-state index contributed by atoms with van der Waals surface area (Å²) in [5.41, 5.74) is -12.2. The van der Waals surface area contributed by atoms with Gasteiger partial charge in [-0.3, -0.25) is 4.21 Å². The van der Waals surface area contributed by atoms with E-state index < -0.39 is 77.4 Å². The van der Waals surface area contributed by atoms with Gasteiger partial charge in [0.25, 0.3) is 0 Å². The normalized spacial score (nSPS) is 19.4. The highest BCUT2D eigenvalue weighted by Gasteiger charge is 2.48. The molecule has 0 saturated heterocycles. The fourth-order valence-electron chi connectivity index (χ4n) is 1.80. The van der Waals surface area contributed by atoms with Crippen molar-refractivity contribution in [3.05, 3.63) is 0 Å². The Labute approximate surface area is 177 Å². The molecule has 0 amide bonds. The molecule has 11 nitrogen and oxygen atoms in total. The molecule has 3 unspecified atom stereocenters. The Bertz CT molecular complexity index is 1100. The van der Waals surface area contributed by atoms with E-state index in [1.807, 2.05) is 0 Å². The highest BCUT2D eigenvalue weighted by molar-refractivity contribution is 8.08. The van der Waals surface area contributed by atoms with Crippen LogP contribution < -0.4 is 0 Å². The summed E-state index contributed by atoms with van der Waals surface area (Å²) in [6, 6.07) is 0. The van der Waals surface area contributed by atoms with Gasteiger partial charge in [0.15, 0.2) is 0 Å². The third-order valence-corrected chi connectivity index (χ3v) is 11.5. The molecule has 0 heterocycles. The van der Waals surface area contributed by atoms with E-state index in [1.165, 1.54) is 0 Å². The molecule has 0 spiro atoms. The molecule has 31 heavy (non-hydrogen) atoms. The second kappa shape index (κ2) is 10.0. The van der Waals surface area contributed by atoms with Crippen molar-refractivity contribution in [3.8, 4) is 0 Å². The van der Waals surface area contributed by atoms with Gasteiger partial charge in [-0.25, -0.2) is 8.42 Å². The maximum absolute atomic E-state index is 13.1. The van der Waals surface area contributed by atoms with Crippen LogP contribution in [0.5, 0.6) is 0 Å². The summed E-state index contributed by atoms with van der Waals surface area (Å²) in [6.45, 7) is 2.53. The number of hydrogen-bond acceptors (Lipinski definition) is 6. The molecular formula is C10H20F6N5O6S4-. The van der Waals surface area contributed by atoms with E-state index in [0.717, 1.165) is 27.7 Å². The lowest BCUT2D eigenvalue weighted by Gasteiger charge is -2.26. The molecule has 0 aromatic carbocycles. The summed E-state index contributed by atoms with van der Waals surface area (Å²) in [5, 5.41) is 0. The van der Waals surface area contributed by atoms with Crippen molar-refractivity contribution in [1.29, 1.82) is 0 Å². The van der Waals surface area contributed by atoms with Crippen molar-refractivity contribution in [2.75, 3.05) is 26.2 Å². The minimum Gasteiger partial charge on any atom is -0.757 e. The Morgan fingerprint density at radius 2 is 0.968 bits per heavy atom. The van der Waals surface area contributed by atoms with E-state index in [2.05, 4.69) is 11.3 Å². The third kappa shape index (κ3) is 7.12. The summed E-state index contributed by atoms with van der Waals surface area (Å²) < 4.78 is 156. The molecule has 0 aliphatic carbocycles. The molecule has 0 N–H and O–H groups in total. The zero-order valence-electron chi connectivity index (χ0n) is 16.4. The van der Waals surface area contributed by atoms with E-state index in [4.69, 9.17) is 0 Å². The molecule has 0 aliphatic rings. The monoisotopic (exact) mass is 548 g/mol. The van der Waals surface area contributed by atoms with Gasteiger partial charge in [0.1, 0.15) is 10.0 Å². The van der Waals surface area contributed by atoms with Gasteiger partial charge >= 0.3 is 21.0 Å². The molecule has 0 saturated carbocycles. The van der Waals surface area contributed by atoms with Gasteiger partial charge in [0.2, 0.25) is 20.2 Å². The summed E-state index contributed by atoms with van der Waals surface area (Å²) in [7, 11) is -23.7. The zero-order chi connectivity index (χ0) is 25.1. The lowest BCUT2D eigenvalue weighted by atomic mass is 10.7. The van der Waals surface area contributed by atoms with Crippen LogP contribution in [-0.2, 0) is 40.2 Å². The average molecular weight is 549 g/mol. The maximum atomic E-state index is 13.1. The Morgan fingerprint density at radius 1 is 0.645 bits per heavy atom. The zero-order valence-corrected chi connectivity index (χ0v) is 19.7. The van der Waals surface area contributed by atoms with Crippen molar-refractivity contribution in [1.82, 2.24) is 8.61 Å². The second-order valence-corrected chi connectivity index (χ2v) is 12.8. The van der Waals surface area contributed by atoms with E-state index in [-0.39, 0.29) is 0 Å². The SMILES string of the molecule is CCN(CC)S(=O)(=NS(=O)(=O)C(F)(F)F)N=S(=O)(N=S(=O)([O-])C(F)(F)F)N(CC)CC. The van der Waals surface area contributed by atoms with Crippen LogP contribution in [0.15, 0.2) is 11.3 Å². The predicted molar refractivity (Wildman–Crippen MR) is 99.4 cm³/mol. The molecule has 188 valence electrons. The predicted octanol–water partition coefficient (Wildman–Crippen LogP) is 2.23. The van der Waals surface area contributed by atoms with Gasteiger partial charge < -0.3 is 4.55 Å². The highest BCUT2D eigenvalue weighted by atomic mass is 32.3. The fraction of sp³-hybridized carbons (Fsp3) is 1.00. The number of alkyl halides is 6. The van der Waals surface area contributed by atoms with Gasteiger partial charge in [-0.15, -0.1) is 3.77 Å². The fourth-order valence-corrected chi connectivity index (χ4v) is 9.10. The van der Waals surface area contributed by atoms with Gasteiger partial charge in [0, 0.05) is 26.2 Å². The van der Waals surface area contributed by atoms with Crippen LogP contribution in [0.2, 0.25) is 0 Å². The van der Waals surface area contributed by atoms with Crippen LogP contribution in [0.3, 0.4) is 0 Å². The molecule has 21 heteroatoms. The lowest BCUT2D eigenvalue weighted by molar-refractivity contribution is -0.0475. The van der Waals surface area contributed by atoms with Crippen molar-refractivity contribution < 1.29 is 51.9 Å². The molecule has 0 rings (SSSR count). The summed E-state index contributed by atoms with van der Waals surface area (Å²) in [5.74, 6) is 0.